The average molecular weight is 384 g/mol. The summed E-state index contributed by atoms with van der Waals surface area (Å²) in [6.45, 7) is 0.670. The fourth-order valence-electron chi connectivity index (χ4n) is 2.05. The number of carbonyl (C=O) groups is 1. The first-order valence-corrected chi connectivity index (χ1v) is 8.45. The molecule has 0 saturated carbocycles. The number of anilines is 1. The van der Waals surface area contributed by atoms with Crippen LogP contribution in [0.3, 0.4) is 0 Å². The minimum atomic E-state index is -0.272. The number of hydrogen-bond donors (Lipinski definition) is 1. The molecule has 3 rings (SSSR count). The highest BCUT2D eigenvalue weighted by molar-refractivity contribution is 9.10. The SMILES string of the molecule is O=C(COc1ccccc1Br)Nc1nnc(C2CCCO2)s1. The van der Waals surface area contributed by atoms with Crippen LogP contribution in [0.15, 0.2) is 28.7 Å². The van der Waals surface area contributed by atoms with E-state index in [2.05, 4.69) is 31.4 Å². The summed E-state index contributed by atoms with van der Waals surface area (Å²) < 4.78 is 11.8. The molecule has 2 heterocycles. The van der Waals surface area contributed by atoms with Crippen LogP contribution in [0.5, 0.6) is 5.75 Å². The van der Waals surface area contributed by atoms with Gasteiger partial charge in [0, 0.05) is 6.61 Å². The zero-order chi connectivity index (χ0) is 15.4. The van der Waals surface area contributed by atoms with E-state index in [0.717, 1.165) is 28.9 Å². The first-order valence-electron chi connectivity index (χ1n) is 6.84. The molecule has 8 heteroatoms. The Balaban J connectivity index is 1.52. The third-order valence-electron chi connectivity index (χ3n) is 3.09. The third kappa shape index (κ3) is 3.82. The Morgan fingerprint density at radius 3 is 3.09 bits per heavy atom. The van der Waals surface area contributed by atoms with Crippen LogP contribution < -0.4 is 10.1 Å². The third-order valence-corrected chi connectivity index (χ3v) is 4.67. The zero-order valence-corrected chi connectivity index (χ0v) is 14.0. The molecule has 0 bridgehead atoms. The summed E-state index contributed by atoms with van der Waals surface area (Å²) >= 11 is 4.70. The second kappa shape index (κ2) is 7.17. The predicted octanol–water partition coefficient (Wildman–Crippen LogP) is 3.17. The normalized spacial score (nSPS) is 17.4. The van der Waals surface area contributed by atoms with Crippen LogP contribution in [0.4, 0.5) is 5.13 Å². The van der Waals surface area contributed by atoms with Gasteiger partial charge < -0.3 is 9.47 Å². The number of ether oxygens (including phenoxy) is 2. The number of halogens is 1. The topological polar surface area (TPSA) is 73.3 Å². The molecule has 1 saturated heterocycles. The highest BCUT2D eigenvalue weighted by Crippen LogP contribution is 2.31. The number of para-hydroxylation sites is 1. The van der Waals surface area contributed by atoms with Gasteiger partial charge in [0.25, 0.3) is 5.91 Å². The minimum Gasteiger partial charge on any atom is -0.483 e. The van der Waals surface area contributed by atoms with Crippen LogP contribution in [0.25, 0.3) is 0 Å². The Morgan fingerprint density at radius 1 is 1.45 bits per heavy atom. The van der Waals surface area contributed by atoms with Gasteiger partial charge >= 0.3 is 0 Å². The Bertz CT molecular complexity index is 658. The number of benzene rings is 1. The largest absolute Gasteiger partial charge is 0.483 e. The van der Waals surface area contributed by atoms with Crippen molar-refractivity contribution in [3.8, 4) is 5.75 Å². The number of nitrogens with one attached hydrogen (secondary N) is 1. The summed E-state index contributed by atoms with van der Waals surface area (Å²) in [5, 5.41) is 12.0. The number of rotatable bonds is 5. The lowest BCUT2D eigenvalue weighted by atomic mass is 10.2. The Morgan fingerprint density at radius 2 is 2.32 bits per heavy atom. The van der Waals surface area contributed by atoms with Crippen LogP contribution in [0.2, 0.25) is 0 Å². The summed E-state index contributed by atoms with van der Waals surface area (Å²) in [5.41, 5.74) is 0. The Kier molecular flexibility index (Phi) is 5.01. The van der Waals surface area contributed by atoms with E-state index in [1.807, 2.05) is 18.2 Å². The molecule has 22 heavy (non-hydrogen) atoms. The molecular formula is C14H14BrN3O3S. The lowest BCUT2D eigenvalue weighted by Crippen LogP contribution is -2.20. The quantitative estimate of drug-likeness (QED) is 0.857. The summed E-state index contributed by atoms with van der Waals surface area (Å²) in [7, 11) is 0. The first-order chi connectivity index (χ1) is 10.7. The molecule has 0 spiro atoms. The Hall–Kier alpha value is -1.51. The van der Waals surface area contributed by atoms with Crippen LogP contribution >= 0.6 is 27.3 Å². The molecule has 1 fully saturated rings. The van der Waals surface area contributed by atoms with E-state index in [1.54, 1.807) is 6.07 Å². The summed E-state index contributed by atoms with van der Waals surface area (Å²) in [5.74, 6) is 0.348. The van der Waals surface area contributed by atoms with Gasteiger partial charge in [0.1, 0.15) is 16.9 Å². The molecule has 1 aromatic heterocycles. The maximum atomic E-state index is 11.9. The fourth-order valence-corrected chi connectivity index (χ4v) is 3.29. The second-order valence-electron chi connectivity index (χ2n) is 4.71. The molecule has 1 aliphatic heterocycles. The Labute approximate surface area is 140 Å². The molecule has 6 nitrogen and oxygen atoms in total. The van der Waals surface area contributed by atoms with E-state index in [0.29, 0.717) is 10.9 Å². The molecule has 2 aromatic rings. The molecule has 0 aliphatic carbocycles. The molecule has 1 aromatic carbocycles. The van der Waals surface area contributed by atoms with Gasteiger partial charge in [-0.15, -0.1) is 10.2 Å². The highest BCUT2D eigenvalue weighted by atomic mass is 79.9. The van der Waals surface area contributed by atoms with E-state index in [-0.39, 0.29) is 18.6 Å². The molecule has 1 amide bonds. The molecule has 1 N–H and O–H groups in total. The van der Waals surface area contributed by atoms with Gasteiger partial charge in [-0.05, 0) is 40.9 Å². The molecule has 1 atom stereocenters. The van der Waals surface area contributed by atoms with Crippen molar-refractivity contribution in [2.45, 2.75) is 18.9 Å². The fraction of sp³-hybridized carbons (Fsp3) is 0.357. The minimum absolute atomic E-state index is 0.0136. The van der Waals surface area contributed by atoms with E-state index < -0.39 is 0 Å². The number of aromatic nitrogens is 2. The van der Waals surface area contributed by atoms with Crippen molar-refractivity contribution >= 4 is 38.3 Å². The molecule has 0 radical (unpaired) electrons. The van der Waals surface area contributed by atoms with Gasteiger partial charge in [-0.3, -0.25) is 10.1 Å². The van der Waals surface area contributed by atoms with Crippen molar-refractivity contribution in [3.63, 3.8) is 0 Å². The smallest absolute Gasteiger partial charge is 0.264 e. The maximum absolute atomic E-state index is 11.9. The van der Waals surface area contributed by atoms with Crippen molar-refractivity contribution < 1.29 is 14.3 Å². The average Bonchev–Trinajstić information content (AvgIpc) is 3.17. The monoisotopic (exact) mass is 383 g/mol. The van der Waals surface area contributed by atoms with Crippen LogP contribution in [0, 0.1) is 0 Å². The van der Waals surface area contributed by atoms with E-state index in [4.69, 9.17) is 9.47 Å². The van der Waals surface area contributed by atoms with Gasteiger partial charge in [-0.1, -0.05) is 23.5 Å². The van der Waals surface area contributed by atoms with Crippen molar-refractivity contribution in [1.82, 2.24) is 10.2 Å². The number of hydrogen-bond acceptors (Lipinski definition) is 6. The summed E-state index contributed by atoms with van der Waals surface area (Å²) in [6.07, 6.45) is 2.00. The number of amides is 1. The van der Waals surface area contributed by atoms with Crippen molar-refractivity contribution in [2.24, 2.45) is 0 Å². The maximum Gasteiger partial charge on any atom is 0.264 e. The van der Waals surface area contributed by atoms with Crippen molar-refractivity contribution in [1.29, 1.82) is 0 Å². The molecular weight excluding hydrogens is 370 g/mol. The van der Waals surface area contributed by atoms with Crippen molar-refractivity contribution in [2.75, 3.05) is 18.5 Å². The number of nitrogens with zero attached hydrogens (tertiary/aromatic N) is 2. The molecule has 116 valence electrons. The van der Waals surface area contributed by atoms with Gasteiger partial charge in [-0.25, -0.2) is 0 Å². The van der Waals surface area contributed by atoms with Gasteiger partial charge in [-0.2, -0.15) is 0 Å². The summed E-state index contributed by atoms with van der Waals surface area (Å²) in [4.78, 5) is 11.9. The lowest BCUT2D eigenvalue weighted by molar-refractivity contribution is -0.118. The highest BCUT2D eigenvalue weighted by Gasteiger charge is 2.22. The van der Waals surface area contributed by atoms with E-state index >= 15 is 0 Å². The van der Waals surface area contributed by atoms with Crippen LogP contribution in [0.1, 0.15) is 24.0 Å². The first kappa shape index (κ1) is 15.4. The van der Waals surface area contributed by atoms with E-state index in [9.17, 15) is 4.79 Å². The van der Waals surface area contributed by atoms with Crippen molar-refractivity contribution in [3.05, 3.63) is 33.7 Å². The zero-order valence-electron chi connectivity index (χ0n) is 11.6. The standard InChI is InChI=1S/C14H14BrN3O3S/c15-9-4-1-2-5-10(9)21-8-12(19)16-14-18-17-13(22-14)11-6-3-7-20-11/h1-2,4-5,11H,3,6-8H2,(H,16,18,19). The van der Waals surface area contributed by atoms with E-state index in [1.165, 1.54) is 11.3 Å². The van der Waals surface area contributed by atoms with Crippen LogP contribution in [-0.2, 0) is 9.53 Å². The lowest BCUT2D eigenvalue weighted by Gasteiger charge is -2.07. The van der Waals surface area contributed by atoms with Gasteiger partial charge in [0.2, 0.25) is 5.13 Å². The molecule has 1 aliphatic rings. The summed E-state index contributed by atoms with van der Waals surface area (Å²) in [6, 6.07) is 7.37. The number of carbonyl (C=O) groups excluding carboxylic acids is 1. The van der Waals surface area contributed by atoms with Gasteiger partial charge in [0.05, 0.1) is 4.47 Å². The molecule has 1 unspecified atom stereocenters. The van der Waals surface area contributed by atoms with Crippen LogP contribution in [-0.4, -0.2) is 29.3 Å². The second-order valence-corrected chi connectivity index (χ2v) is 6.58. The van der Waals surface area contributed by atoms with Gasteiger partial charge in [0.15, 0.2) is 6.61 Å². The predicted molar refractivity (Wildman–Crippen MR) is 86.1 cm³/mol.